The minimum atomic E-state index is 0. The van der Waals surface area contributed by atoms with E-state index in [0.29, 0.717) is 32.2 Å². The third-order valence-electron chi connectivity index (χ3n) is 4.34. The third-order valence-corrected chi connectivity index (χ3v) is 4.34. The molecule has 1 aromatic heterocycles. The zero-order valence-electron chi connectivity index (χ0n) is 17.4. The smallest absolute Gasteiger partial charge is 0.226 e. The molecule has 7 heteroatoms. The Kier molecular flexibility index (Phi) is 10.4. The van der Waals surface area contributed by atoms with Crippen molar-refractivity contribution in [2.45, 2.75) is 33.5 Å². The van der Waals surface area contributed by atoms with Crippen LogP contribution in [-0.4, -0.2) is 24.1 Å². The summed E-state index contributed by atoms with van der Waals surface area (Å²) in [4.78, 5) is 9.26. The fourth-order valence-electron chi connectivity index (χ4n) is 2.85. The quantitative estimate of drug-likeness (QED) is 0.242. The molecule has 0 saturated heterocycles. The number of oxazole rings is 1. The van der Waals surface area contributed by atoms with Crippen LogP contribution in [0.3, 0.4) is 0 Å². The number of rotatable bonds is 9. The Balaban J connectivity index is 0.00000320. The van der Waals surface area contributed by atoms with Crippen LogP contribution < -0.4 is 10.6 Å². The minimum Gasteiger partial charge on any atom is -0.444 e. The number of guanidine groups is 1. The minimum absolute atomic E-state index is 0. The highest BCUT2D eigenvalue weighted by Crippen LogP contribution is 2.17. The van der Waals surface area contributed by atoms with E-state index >= 15 is 0 Å². The van der Waals surface area contributed by atoms with Gasteiger partial charge in [0.1, 0.15) is 6.26 Å². The normalized spacial score (nSPS) is 11.1. The van der Waals surface area contributed by atoms with Gasteiger partial charge in [0.15, 0.2) is 5.96 Å². The maximum absolute atomic E-state index is 5.60. The molecule has 0 radical (unpaired) electrons. The summed E-state index contributed by atoms with van der Waals surface area (Å²) >= 11 is 0. The molecular formula is C23H29IN4O2. The Morgan fingerprint density at radius 1 is 1.00 bits per heavy atom. The second kappa shape index (κ2) is 13.0. The molecule has 6 nitrogen and oxygen atoms in total. The van der Waals surface area contributed by atoms with Crippen LogP contribution in [0.5, 0.6) is 0 Å². The Labute approximate surface area is 195 Å². The maximum atomic E-state index is 5.60. The van der Waals surface area contributed by atoms with Crippen LogP contribution in [0.4, 0.5) is 0 Å². The van der Waals surface area contributed by atoms with Crippen molar-refractivity contribution >= 4 is 29.9 Å². The van der Waals surface area contributed by atoms with Crippen molar-refractivity contribution in [1.29, 1.82) is 0 Å². The summed E-state index contributed by atoms with van der Waals surface area (Å²) in [7, 11) is 0. The largest absolute Gasteiger partial charge is 0.444 e. The van der Waals surface area contributed by atoms with E-state index in [4.69, 9.17) is 14.1 Å². The number of hydrogen-bond donors (Lipinski definition) is 2. The van der Waals surface area contributed by atoms with Crippen LogP contribution in [-0.2, 0) is 24.4 Å². The lowest BCUT2D eigenvalue weighted by atomic mass is 10.1. The Morgan fingerprint density at radius 2 is 1.73 bits per heavy atom. The van der Waals surface area contributed by atoms with Gasteiger partial charge in [0, 0.05) is 18.7 Å². The zero-order chi connectivity index (χ0) is 20.3. The van der Waals surface area contributed by atoms with E-state index in [1.165, 1.54) is 0 Å². The first-order chi connectivity index (χ1) is 14.3. The molecule has 0 bridgehead atoms. The van der Waals surface area contributed by atoms with Gasteiger partial charge in [0.05, 0.1) is 25.4 Å². The average molecular weight is 520 g/mol. The number of benzene rings is 2. The zero-order valence-corrected chi connectivity index (χ0v) is 19.8. The SMILES string of the molecule is CCNC(=NCc1ccccc1COCC)NCc1coc(-c2ccccc2)n1.I. The fraction of sp³-hybridized carbons (Fsp3) is 0.304. The van der Waals surface area contributed by atoms with Crippen LogP contribution >= 0.6 is 24.0 Å². The lowest BCUT2D eigenvalue weighted by Gasteiger charge is -2.11. The van der Waals surface area contributed by atoms with Crippen molar-refractivity contribution in [3.05, 3.63) is 77.7 Å². The van der Waals surface area contributed by atoms with Crippen molar-refractivity contribution in [2.24, 2.45) is 4.99 Å². The molecule has 0 amide bonds. The molecule has 0 atom stereocenters. The number of nitrogens with zero attached hydrogens (tertiary/aromatic N) is 2. The van der Waals surface area contributed by atoms with Crippen LogP contribution in [0.1, 0.15) is 30.7 Å². The number of aromatic nitrogens is 1. The summed E-state index contributed by atoms with van der Waals surface area (Å²) in [6, 6.07) is 18.1. The molecule has 0 saturated carbocycles. The van der Waals surface area contributed by atoms with Crippen molar-refractivity contribution in [2.75, 3.05) is 13.2 Å². The first-order valence-electron chi connectivity index (χ1n) is 9.96. The molecule has 0 aliphatic heterocycles. The molecule has 0 fully saturated rings. The van der Waals surface area contributed by atoms with Crippen LogP contribution in [0.2, 0.25) is 0 Å². The van der Waals surface area contributed by atoms with Gasteiger partial charge in [-0.25, -0.2) is 9.98 Å². The highest BCUT2D eigenvalue weighted by Gasteiger charge is 2.07. The number of ether oxygens (including phenoxy) is 1. The van der Waals surface area contributed by atoms with Crippen LogP contribution in [0.25, 0.3) is 11.5 Å². The van der Waals surface area contributed by atoms with Gasteiger partial charge in [-0.15, -0.1) is 24.0 Å². The van der Waals surface area contributed by atoms with E-state index in [1.54, 1.807) is 6.26 Å². The van der Waals surface area contributed by atoms with Crippen LogP contribution in [0, 0.1) is 0 Å². The molecule has 3 rings (SSSR count). The molecule has 2 N–H and O–H groups in total. The molecular weight excluding hydrogens is 491 g/mol. The predicted molar refractivity (Wildman–Crippen MR) is 131 cm³/mol. The summed E-state index contributed by atoms with van der Waals surface area (Å²) in [5.41, 5.74) is 4.11. The Bertz CT molecular complexity index is 912. The topological polar surface area (TPSA) is 71.7 Å². The van der Waals surface area contributed by atoms with Crippen molar-refractivity contribution < 1.29 is 9.15 Å². The summed E-state index contributed by atoms with van der Waals surface area (Å²) < 4.78 is 11.2. The molecule has 3 aromatic rings. The molecule has 0 aliphatic carbocycles. The molecule has 1 heterocycles. The lowest BCUT2D eigenvalue weighted by molar-refractivity contribution is 0.133. The van der Waals surface area contributed by atoms with Crippen molar-refractivity contribution in [3.63, 3.8) is 0 Å². The van der Waals surface area contributed by atoms with Gasteiger partial charge in [0.2, 0.25) is 5.89 Å². The van der Waals surface area contributed by atoms with Gasteiger partial charge >= 0.3 is 0 Å². The predicted octanol–water partition coefficient (Wildman–Crippen LogP) is 4.75. The number of halogens is 1. The molecule has 0 unspecified atom stereocenters. The molecule has 160 valence electrons. The van der Waals surface area contributed by atoms with Gasteiger partial charge < -0.3 is 19.8 Å². The van der Waals surface area contributed by atoms with E-state index < -0.39 is 0 Å². The van der Waals surface area contributed by atoms with E-state index in [1.807, 2.05) is 56.3 Å². The van der Waals surface area contributed by atoms with E-state index in [2.05, 4.69) is 27.8 Å². The van der Waals surface area contributed by atoms with Gasteiger partial charge in [-0.05, 0) is 37.1 Å². The van der Waals surface area contributed by atoms with Crippen LogP contribution in [0.15, 0.2) is 70.3 Å². The lowest BCUT2D eigenvalue weighted by Crippen LogP contribution is -2.36. The molecule has 30 heavy (non-hydrogen) atoms. The highest BCUT2D eigenvalue weighted by molar-refractivity contribution is 14.0. The summed E-state index contributed by atoms with van der Waals surface area (Å²) in [6.45, 7) is 7.23. The van der Waals surface area contributed by atoms with E-state index in [9.17, 15) is 0 Å². The van der Waals surface area contributed by atoms with E-state index in [-0.39, 0.29) is 24.0 Å². The molecule has 0 aliphatic rings. The first-order valence-corrected chi connectivity index (χ1v) is 9.96. The second-order valence-electron chi connectivity index (χ2n) is 6.46. The number of nitrogens with one attached hydrogen (secondary N) is 2. The molecule has 2 aromatic carbocycles. The standard InChI is InChI=1S/C23H28N4O2.HI/c1-3-24-23(25-14-19-12-8-9-13-20(19)16-28-4-2)26-15-21-17-29-22(27-21)18-10-6-5-7-11-18;/h5-13,17H,3-4,14-16H2,1-2H3,(H2,24,25,26);1H. The number of hydrogen-bond acceptors (Lipinski definition) is 4. The summed E-state index contributed by atoms with van der Waals surface area (Å²) in [5, 5.41) is 6.59. The third kappa shape index (κ3) is 7.14. The first kappa shape index (κ1) is 23.9. The fourth-order valence-corrected chi connectivity index (χ4v) is 2.85. The van der Waals surface area contributed by atoms with Crippen molar-refractivity contribution in [3.8, 4) is 11.5 Å². The summed E-state index contributed by atoms with van der Waals surface area (Å²) in [5.74, 6) is 1.36. The maximum Gasteiger partial charge on any atom is 0.226 e. The summed E-state index contributed by atoms with van der Waals surface area (Å²) in [6.07, 6.45) is 1.68. The highest BCUT2D eigenvalue weighted by atomic mass is 127. The van der Waals surface area contributed by atoms with Gasteiger partial charge in [-0.1, -0.05) is 42.5 Å². The van der Waals surface area contributed by atoms with E-state index in [0.717, 1.165) is 34.9 Å². The Morgan fingerprint density at radius 3 is 2.47 bits per heavy atom. The van der Waals surface area contributed by atoms with Gasteiger partial charge in [-0.3, -0.25) is 0 Å². The van der Waals surface area contributed by atoms with Gasteiger partial charge in [0.25, 0.3) is 0 Å². The average Bonchev–Trinajstić information content (AvgIpc) is 3.24. The van der Waals surface area contributed by atoms with Gasteiger partial charge in [-0.2, -0.15) is 0 Å². The second-order valence-corrected chi connectivity index (χ2v) is 6.46. The van der Waals surface area contributed by atoms with Crippen molar-refractivity contribution in [1.82, 2.24) is 15.6 Å². The number of aliphatic imine (C=N–C) groups is 1. The Hall–Kier alpha value is -2.39. The molecule has 0 spiro atoms. The monoisotopic (exact) mass is 520 g/mol.